The van der Waals surface area contributed by atoms with Gasteiger partial charge in [0.15, 0.2) is 0 Å². The molecule has 1 aromatic rings. The van der Waals surface area contributed by atoms with Crippen LogP contribution in [0.3, 0.4) is 0 Å². The van der Waals surface area contributed by atoms with Gasteiger partial charge in [0.05, 0.1) is 13.2 Å². The Morgan fingerprint density at radius 2 is 1.94 bits per heavy atom. The van der Waals surface area contributed by atoms with Crippen molar-refractivity contribution in [3.8, 4) is 0 Å². The first-order valence-corrected chi connectivity index (χ1v) is 5.38. The molecule has 0 aliphatic rings. The van der Waals surface area contributed by atoms with E-state index in [1.54, 1.807) is 18.2 Å². The lowest BCUT2D eigenvalue weighted by Gasteiger charge is -2.17. The molecule has 0 amide bonds. The molecular weight excluding hydrogens is 212 g/mol. The fourth-order valence-corrected chi connectivity index (χ4v) is 1.32. The van der Waals surface area contributed by atoms with Crippen LogP contribution in [0.25, 0.3) is 0 Å². The summed E-state index contributed by atoms with van der Waals surface area (Å²) in [7, 11) is 0. The van der Waals surface area contributed by atoms with Crippen molar-refractivity contribution < 1.29 is 13.5 Å². The third-order valence-corrected chi connectivity index (χ3v) is 2.17. The maximum atomic E-state index is 13.6. The van der Waals surface area contributed by atoms with Crippen LogP contribution in [0.15, 0.2) is 30.3 Å². The first-order chi connectivity index (χ1) is 7.67. The van der Waals surface area contributed by atoms with Crippen molar-refractivity contribution in [1.82, 2.24) is 5.32 Å². The summed E-state index contributed by atoms with van der Waals surface area (Å²) in [6.07, 6.45) is 0. The second kappa shape index (κ2) is 6.55. The Morgan fingerprint density at radius 1 is 1.25 bits per heavy atom. The number of benzene rings is 1. The van der Waals surface area contributed by atoms with Crippen molar-refractivity contribution in [2.45, 2.75) is 12.8 Å². The molecule has 4 heteroatoms. The minimum absolute atomic E-state index is 0.0407. The normalized spacial score (nSPS) is 11.7. The Labute approximate surface area is 94.6 Å². The predicted octanol–water partition coefficient (Wildman–Crippen LogP) is 2.40. The summed E-state index contributed by atoms with van der Waals surface area (Å²) in [6.45, 7) is 3.02. The topological polar surface area (TPSA) is 21.3 Å². The molecule has 0 fully saturated rings. The molecule has 0 radical (unpaired) electrons. The van der Waals surface area contributed by atoms with Gasteiger partial charge in [-0.05, 0) is 6.92 Å². The first-order valence-electron chi connectivity index (χ1n) is 5.38. The SMILES string of the molecule is CCOCCNCC(F)(F)c1ccccc1. The van der Waals surface area contributed by atoms with Crippen LogP contribution in [0.5, 0.6) is 0 Å². The molecule has 1 aromatic carbocycles. The molecular formula is C12H17F2NO. The van der Waals surface area contributed by atoms with Crippen molar-refractivity contribution in [1.29, 1.82) is 0 Å². The minimum atomic E-state index is -2.83. The van der Waals surface area contributed by atoms with Crippen molar-refractivity contribution in [2.24, 2.45) is 0 Å². The van der Waals surface area contributed by atoms with Crippen molar-refractivity contribution in [3.05, 3.63) is 35.9 Å². The molecule has 0 saturated carbocycles. The molecule has 2 nitrogen and oxygen atoms in total. The molecule has 1 N–H and O–H groups in total. The summed E-state index contributed by atoms with van der Waals surface area (Å²) in [5.41, 5.74) is 0.0407. The van der Waals surface area contributed by atoms with E-state index in [2.05, 4.69) is 5.32 Å². The zero-order valence-corrected chi connectivity index (χ0v) is 9.38. The Bertz CT molecular complexity index is 290. The largest absolute Gasteiger partial charge is 0.380 e. The summed E-state index contributed by atoms with van der Waals surface area (Å²) >= 11 is 0. The van der Waals surface area contributed by atoms with Gasteiger partial charge in [0.2, 0.25) is 0 Å². The van der Waals surface area contributed by atoms with E-state index in [0.717, 1.165) is 0 Å². The third kappa shape index (κ3) is 4.24. The molecule has 0 aromatic heterocycles. The van der Waals surface area contributed by atoms with E-state index in [-0.39, 0.29) is 12.1 Å². The number of halogens is 2. The molecule has 0 aliphatic heterocycles. The molecule has 0 spiro atoms. The molecule has 0 saturated heterocycles. The average Bonchev–Trinajstić information content (AvgIpc) is 2.30. The second-order valence-electron chi connectivity index (χ2n) is 3.44. The zero-order chi connectivity index (χ0) is 11.9. The standard InChI is InChI=1S/C12H17F2NO/c1-2-16-9-8-15-10-12(13,14)11-6-4-3-5-7-11/h3-7,15H,2,8-10H2,1H3. The highest BCUT2D eigenvalue weighted by Gasteiger charge is 2.30. The van der Waals surface area contributed by atoms with E-state index in [0.29, 0.717) is 19.8 Å². The fraction of sp³-hybridized carbons (Fsp3) is 0.500. The highest BCUT2D eigenvalue weighted by atomic mass is 19.3. The van der Waals surface area contributed by atoms with Crippen LogP contribution in [0, 0.1) is 0 Å². The van der Waals surface area contributed by atoms with Gasteiger partial charge in [-0.2, -0.15) is 8.78 Å². The van der Waals surface area contributed by atoms with Gasteiger partial charge in [0.25, 0.3) is 5.92 Å². The molecule has 0 bridgehead atoms. The number of alkyl halides is 2. The van der Waals surface area contributed by atoms with E-state index < -0.39 is 5.92 Å². The summed E-state index contributed by atoms with van der Waals surface area (Å²) in [4.78, 5) is 0. The van der Waals surface area contributed by atoms with Crippen molar-refractivity contribution in [3.63, 3.8) is 0 Å². The van der Waals surface area contributed by atoms with Gasteiger partial charge in [0.1, 0.15) is 0 Å². The lowest BCUT2D eigenvalue weighted by atomic mass is 10.1. The first kappa shape index (κ1) is 13.1. The van der Waals surface area contributed by atoms with Crippen LogP contribution >= 0.6 is 0 Å². The monoisotopic (exact) mass is 229 g/mol. The van der Waals surface area contributed by atoms with Gasteiger partial charge >= 0.3 is 0 Å². The molecule has 90 valence electrons. The van der Waals surface area contributed by atoms with Gasteiger partial charge in [-0.1, -0.05) is 30.3 Å². The Kier molecular flexibility index (Phi) is 5.35. The van der Waals surface area contributed by atoms with E-state index in [9.17, 15) is 8.78 Å². The summed E-state index contributed by atoms with van der Waals surface area (Å²) < 4.78 is 32.2. The summed E-state index contributed by atoms with van der Waals surface area (Å²) in [5, 5.41) is 2.68. The summed E-state index contributed by atoms with van der Waals surface area (Å²) in [6, 6.07) is 7.82. The maximum absolute atomic E-state index is 13.6. The molecule has 1 rings (SSSR count). The van der Waals surface area contributed by atoms with E-state index in [4.69, 9.17) is 4.74 Å². The van der Waals surface area contributed by atoms with Gasteiger partial charge in [-0.25, -0.2) is 0 Å². The van der Waals surface area contributed by atoms with Gasteiger partial charge in [-0.15, -0.1) is 0 Å². The molecule has 0 unspecified atom stereocenters. The minimum Gasteiger partial charge on any atom is -0.380 e. The number of hydrogen-bond acceptors (Lipinski definition) is 2. The maximum Gasteiger partial charge on any atom is 0.285 e. The van der Waals surface area contributed by atoms with Crippen molar-refractivity contribution in [2.75, 3.05) is 26.3 Å². The Balaban J connectivity index is 2.35. The number of nitrogens with one attached hydrogen (secondary N) is 1. The van der Waals surface area contributed by atoms with Crippen LogP contribution in [0.1, 0.15) is 12.5 Å². The van der Waals surface area contributed by atoms with E-state index in [1.807, 2.05) is 6.92 Å². The Hall–Kier alpha value is -1.00. The van der Waals surface area contributed by atoms with Crippen LogP contribution < -0.4 is 5.32 Å². The van der Waals surface area contributed by atoms with Crippen LogP contribution in [0.2, 0.25) is 0 Å². The molecule has 0 heterocycles. The lowest BCUT2D eigenvalue weighted by Crippen LogP contribution is -2.32. The highest BCUT2D eigenvalue weighted by Crippen LogP contribution is 2.26. The lowest BCUT2D eigenvalue weighted by molar-refractivity contribution is -0.00457. The van der Waals surface area contributed by atoms with Gasteiger partial charge in [-0.3, -0.25) is 0 Å². The Morgan fingerprint density at radius 3 is 2.56 bits per heavy atom. The fourth-order valence-electron chi connectivity index (χ4n) is 1.32. The third-order valence-electron chi connectivity index (χ3n) is 2.17. The molecule has 0 atom stereocenters. The van der Waals surface area contributed by atoms with Gasteiger partial charge < -0.3 is 10.1 Å². The van der Waals surface area contributed by atoms with Crippen LogP contribution in [-0.2, 0) is 10.7 Å². The number of hydrogen-bond donors (Lipinski definition) is 1. The quantitative estimate of drug-likeness (QED) is 0.725. The molecule has 0 aliphatic carbocycles. The highest BCUT2D eigenvalue weighted by molar-refractivity contribution is 5.20. The predicted molar refractivity (Wildman–Crippen MR) is 59.7 cm³/mol. The van der Waals surface area contributed by atoms with E-state index in [1.165, 1.54) is 12.1 Å². The molecule has 16 heavy (non-hydrogen) atoms. The second-order valence-corrected chi connectivity index (χ2v) is 3.44. The van der Waals surface area contributed by atoms with Crippen molar-refractivity contribution >= 4 is 0 Å². The van der Waals surface area contributed by atoms with E-state index >= 15 is 0 Å². The zero-order valence-electron chi connectivity index (χ0n) is 9.38. The number of rotatable bonds is 7. The van der Waals surface area contributed by atoms with Crippen LogP contribution in [-0.4, -0.2) is 26.3 Å². The van der Waals surface area contributed by atoms with Crippen LogP contribution in [0.4, 0.5) is 8.78 Å². The average molecular weight is 229 g/mol. The van der Waals surface area contributed by atoms with Gasteiger partial charge in [0, 0.05) is 18.7 Å². The number of ether oxygens (including phenoxy) is 1. The summed E-state index contributed by atoms with van der Waals surface area (Å²) in [5.74, 6) is -2.83. The smallest absolute Gasteiger partial charge is 0.285 e.